The van der Waals surface area contributed by atoms with Crippen LogP contribution in [-0.2, 0) is 0 Å². The van der Waals surface area contributed by atoms with Crippen LogP contribution in [0, 0.1) is 10.1 Å². The Kier molecular flexibility index (Phi) is 4.28. The van der Waals surface area contributed by atoms with Crippen molar-refractivity contribution in [1.82, 2.24) is 0 Å². The van der Waals surface area contributed by atoms with Crippen molar-refractivity contribution >= 4 is 22.1 Å². The summed E-state index contributed by atoms with van der Waals surface area (Å²) in [4.78, 5) is 11.1. The minimum atomic E-state index is -0.358. The molecule has 5 heteroatoms. The Hall–Kier alpha value is -3.70. The van der Waals surface area contributed by atoms with Crippen LogP contribution in [0.15, 0.2) is 84.9 Å². The van der Waals surface area contributed by atoms with Gasteiger partial charge >= 0.3 is 0 Å². The van der Waals surface area contributed by atoms with Crippen LogP contribution in [0.2, 0.25) is 0 Å². The van der Waals surface area contributed by atoms with Crippen molar-refractivity contribution in [3.8, 4) is 22.3 Å². The molecule has 0 aliphatic rings. The minimum Gasteiger partial charge on any atom is -0.291 e. The molecule has 0 spiro atoms. The van der Waals surface area contributed by atoms with Gasteiger partial charge in [-0.1, -0.05) is 66.7 Å². The summed E-state index contributed by atoms with van der Waals surface area (Å²) in [6.45, 7) is 0. The van der Waals surface area contributed by atoms with Crippen LogP contribution in [0.5, 0.6) is 0 Å². The van der Waals surface area contributed by atoms with Gasteiger partial charge in [-0.25, -0.2) is 0 Å². The molecule has 0 atom stereocenters. The summed E-state index contributed by atoms with van der Waals surface area (Å²) in [6.07, 6.45) is 0. The number of hydrogen-bond acceptors (Lipinski definition) is 4. The molecule has 4 aromatic carbocycles. The van der Waals surface area contributed by atoms with E-state index >= 15 is 0 Å². The van der Waals surface area contributed by atoms with Gasteiger partial charge in [0.25, 0.3) is 5.69 Å². The summed E-state index contributed by atoms with van der Waals surface area (Å²) in [5.74, 6) is 0. The fourth-order valence-electron chi connectivity index (χ4n) is 3.44. The van der Waals surface area contributed by atoms with Crippen LogP contribution in [0.4, 0.5) is 11.4 Å². The zero-order valence-corrected chi connectivity index (χ0v) is 14.3. The quantitative estimate of drug-likeness (QED) is 0.353. The first-order chi connectivity index (χ1) is 13.2. The van der Waals surface area contributed by atoms with E-state index in [1.165, 1.54) is 6.07 Å². The monoisotopic (exact) mass is 356 g/mol. The Morgan fingerprint density at radius 2 is 1.19 bits per heavy atom. The molecular formula is C22H16N2O3. The highest BCUT2D eigenvalue weighted by molar-refractivity contribution is 6.07. The number of anilines is 1. The van der Waals surface area contributed by atoms with E-state index in [2.05, 4.69) is 5.48 Å². The SMILES string of the molecule is O=[N+]([O-])c1ccccc1-c1ccc(-c2ccccc2NO)c2ccccc12. The largest absolute Gasteiger partial charge is 0.291 e. The number of rotatable bonds is 4. The Labute approximate surface area is 155 Å². The summed E-state index contributed by atoms with van der Waals surface area (Å²) in [5, 5.41) is 22.8. The van der Waals surface area contributed by atoms with Gasteiger partial charge in [-0.3, -0.25) is 20.8 Å². The van der Waals surface area contributed by atoms with Gasteiger partial charge in [-0.2, -0.15) is 0 Å². The van der Waals surface area contributed by atoms with E-state index in [0.29, 0.717) is 11.3 Å². The van der Waals surface area contributed by atoms with Crippen molar-refractivity contribution in [2.45, 2.75) is 0 Å². The maximum absolute atomic E-state index is 11.5. The smallest absolute Gasteiger partial charge is 0.277 e. The Balaban J connectivity index is 2.02. The lowest BCUT2D eigenvalue weighted by molar-refractivity contribution is -0.384. The molecule has 0 saturated heterocycles. The van der Waals surface area contributed by atoms with E-state index in [9.17, 15) is 15.3 Å². The van der Waals surface area contributed by atoms with E-state index in [4.69, 9.17) is 0 Å². The fraction of sp³-hybridized carbons (Fsp3) is 0. The number of nitro benzene ring substituents is 1. The van der Waals surface area contributed by atoms with Crippen molar-refractivity contribution in [3.05, 3.63) is 95.0 Å². The molecule has 4 rings (SSSR count). The van der Waals surface area contributed by atoms with Gasteiger partial charge in [-0.05, 0) is 34.0 Å². The number of nitro groups is 1. The normalized spacial score (nSPS) is 10.7. The van der Waals surface area contributed by atoms with Gasteiger partial charge < -0.3 is 0 Å². The fourth-order valence-corrected chi connectivity index (χ4v) is 3.44. The highest BCUT2D eigenvalue weighted by atomic mass is 16.6. The number of nitrogens with one attached hydrogen (secondary N) is 1. The van der Waals surface area contributed by atoms with Gasteiger partial charge in [0, 0.05) is 11.6 Å². The maximum Gasteiger partial charge on any atom is 0.277 e. The van der Waals surface area contributed by atoms with Crippen LogP contribution in [0.1, 0.15) is 0 Å². The molecule has 4 aromatic rings. The Morgan fingerprint density at radius 3 is 1.81 bits per heavy atom. The second-order valence-electron chi connectivity index (χ2n) is 6.14. The molecular weight excluding hydrogens is 340 g/mol. The summed E-state index contributed by atoms with van der Waals surface area (Å²) in [7, 11) is 0. The predicted octanol–water partition coefficient (Wildman–Crippen LogP) is 5.88. The van der Waals surface area contributed by atoms with Gasteiger partial charge in [0.05, 0.1) is 16.2 Å². The zero-order valence-electron chi connectivity index (χ0n) is 14.3. The van der Waals surface area contributed by atoms with Crippen LogP contribution >= 0.6 is 0 Å². The van der Waals surface area contributed by atoms with E-state index in [1.54, 1.807) is 24.3 Å². The van der Waals surface area contributed by atoms with Crippen molar-refractivity contribution < 1.29 is 10.1 Å². The highest BCUT2D eigenvalue weighted by Gasteiger charge is 2.18. The zero-order chi connectivity index (χ0) is 18.8. The van der Waals surface area contributed by atoms with Crippen LogP contribution in [0.3, 0.4) is 0 Å². The van der Waals surface area contributed by atoms with Crippen LogP contribution in [-0.4, -0.2) is 10.1 Å². The molecule has 2 N–H and O–H groups in total. The van der Waals surface area contributed by atoms with Gasteiger partial charge in [0.2, 0.25) is 0 Å². The third-order valence-corrected chi connectivity index (χ3v) is 4.65. The maximum atomic E-state index is 11.5. The molecule has 132 valence electrons. The average molecular weight is 356 g/mol. The summed E-state index contributed by atoms with van der Waals surface area (Å²) in [6, 6.07) is 25.8. The predicted molar refractivity (Wildman–Crippen MR) is 107 cm³/mol. The molecule has 0 heterocycles. The number of nitrogens with zero attached hydrogens (tertiary/aromatic N) is 1. The van der Waals surface area contributed by atoms with Crippen molar-refractivity contribution in [2.24, 2.45) is 0 Å². The first kappa shape index (κ1) is 16.8. The molecule has 0 aromatic heterocycles. The van der Waals surface area contributed by atoms with E-state index < -0.39 is 0 Å². The summed E-state index contributed by atoms with van der Waals surface area (Å²) in [5.41, 5.74) is 6.09. The van der Waals surface area contributed by atoms with Crippen LogP contribution in [0.25, 0.3) is 33.0 Å². The molecule has 0 fully saturated rings. The van der Waals surface area contributed by atoms with Gasteiger partial charge in [-0.15, -0.1) is 0 Å². The molecule has 0 bridgehead atoms. The third-order valence-electron chi connectivity index (χ3n) is 4.65. The molecule has 27 heavy (non-hydrogen) atoms. The second-order valence-corrected chi connectivity index (χ2v) is 6.14. The Morgan fingerprint density at radius 1 is 0.667 bits per heavy atom. The van der Waals surface area contributed by atoms with E-state index in [0.717, 1.165) is 27.5 Å². The van der Waals surface area contributed by atoms with Crippen molar-refractivity contribution in [3.63, 3.8) is 0 Å². The van der Waals surface area contributed by atoms with E-state index in [1.807, 2.05) is 54.6 Å². The lowest BCUT2D eigenvalue weighted by atomic mass is 9.91. The van der Waals surface area contributed by atoms with Gasteiger partial charge in [0.15, 0.2) is 0 Å². The molecule has 0 saturated carbocycles. The topological polar surface area (TPSA) is 75.4 Å². The lowest BCUT2D eigenvalue weighted by Gasteiger charge is -2.14. The first-order valence-corrected chi connectivity index (χ1v) is 8.46. The highest BCUT2D eigenvalue weighted by Crippen LogP contribution is 2.40. The van der Waals surface area contributed by atoms with Crippen molar-refractivity contribution in [2.75, 3.05) is 5.48 Å². The van der Waals surface area contributed by atoms with E-state index in [-0.39, 0.29) is 10.6 Å². The number of benzene rings is 4. The molecule has 0 unspecified atom stereocenters. The number of fused-ring (bicyclic) bond motifs is 1. The molecule has 0 amide bonds. The van der Waals surface area contributed by atoms with Crippen LogP contribution < -0.4 is 5.48 Å². The summed E-state index contributed by atoms with van der Waals surface area (Å²) < 4.78 is 0. The molecule has 0 aliphatic heterocycles. The number of hydrogen-bond donors (Lipinski definition) is 2. The van der Waals surface area contributed by atoms with Crippen molar-refractivity contribution in [1.29, 1.82) is 0 Å². The minimum absolute atomic E-state index is 0.0767. The first-order valence-electron chi connectivity index (χ1n) is 8.46. The third kappa shape index (κ3) is 2.90. The molecule has 0 aliphatic carbocycles. The second kappa shape index (κ2) is 6.90. The summed E-state index contributed by atoms with van der Waals surface area (Å²) >= 11 is 0. The average Bonchev–Trinajstić information content (AvgIpc) is 2.73. The van der Waals surface area contributed by atoms with Gasteiger partial charge in [0.1, 0.15) is 0 Å². The lowest BCUT2D eigenvalue weighted by Crippen LogP contribution is -1.95. The Bertz CT molecular complexity index is 1160. The standard InChI is InChI=1S/C22H16N2O3/c25-23-21-11-5-3-9-19(21)17-13-14-18(16-8-2-1-7-15(16)17)20-10-4-6-12-22(20)24(26)27/h1-14,23,25H. The molecule has 0 radical (unpaired) electrons. The number of para-hydroxylation sites is 2. The molecule has 5 nitrogen and oxygen atoms in total.